The summed E-state index contributed by atoms with van der Waals surface area (Å²) in [5, 5.41) is 0. The number of nitrogens with zero attached hydrogens (tertiary/aromatic N) is 1. The largest absolute Gasteiger partial charge is 0.460 e. The zero-order chi connectivity index (χ0) is 22.9. The van der Waals surface area contributed by atoms with Gasteiger partial charge in [0.1, 0.15) is 0 Å². The quantitative estimate of drug-likeness (QED) is 0.299. The second kappa shape index (κ2) is 8.05. The number of Topliss-reactive ketones (excluding diaryl/α,β-unsaturated/α-hetero) is 1. The van der Waals surface area contributed by atoms with E-state index < -0.39 is 29.4 Å². The lowest BCUT2D eigenvalue weighted by Gasteiger charge is -2.27. The predicted octanol–water partition coefficient (Wildman–Crippen LogP) is 7.17. The number of anilines is 3. The summed E-state index contributed by atoms with van der Waals surface area (Å²) in [5.41, 5.74) is 0.738. The number of hydrogen-bond acceptors (Lipinski definition) is 2. The molecule has 3 aromatic rings. The van der Waals surface area contributed by atoms with Crippen LogP contribution in [-0.2, 0) is 0 Å². The minimum atomic E-state index is -6.58. The monoisotopic (exact) mass is 441 g/mol. The number of hydrogen-bond donors (Lipinski definition) is 0. The molecule has 0 aliphatic carbocycles. The van der Waals surface area contributed by atoms with E-state index >= 15 is 0 Å². The van der Waals surface area contributed by atoms with Crippen LogP contribution < -0.4 is 4.90 Å². The highest BCUT2D eigenvalue weighted by atomic mass is 19.4. The van der Waals surface area contributed by atoms with Crippen molar-refractivity contribution in [3.05, 3.63) is 90.5 Å². The molecule has 0 heterocycles. The third-order valence-electron chi connectivity index (χ3n) is 4.45. The molecule has 0 N–H and O–H groups in total. The SMILES string of the molecule is O=C(c1ccc(N(c2ccccc2)c2ccccc2)cc1)C(F)(F)C(F)(F)C(F)(F)F. The van der Waals surface area contributed by atoms with Gasteiger partial charge in [0, 0.05) is 22.6 Å². The van der Waals surface area contributed by atoms with Crippen LogP contribution in [0.1, 0.15) is 10.4 Å². The Morgan fingerprint density at radius 1 is 0.581 bits per heavy atom. The van der Waals surface area contributed by atoms with Crippen molar-refractivity contribution in [2.45, 2.75) is 18.0 Å². The van der Waals surface area contributed by atoms with Crippen molar-refractivity contribution >= 4 is 22.8 Å². The Labute approximate surface area is 172 Å². The van der Waals surface area contributed by atoms with E-state index in [1.807, 2.05) is 0 Å². The van der Waals surface area contributed by atoms with Gasteiger partial charge in [-0.2, -0.15) is 30.7 Å². The van der Waals surface area contributed by atoms with Gasteiger partial charge in [-0.25, -0.2) is 0 Å². The molecule has 3 rings (SSSR count). The standard InChI is InChI=1S/C22H14F7NO/c23-20(24,21(25,26)22(27,28)29)19(31)15-11-13-18(14-12-15)30(16-7-3-1-4-8-16)17-9-5-2-6-10-17/h1-14H. The Balaban J connectivity index is 1.98. The first-order chi connectivity index (χ1) is 14.5. The van der Waals surface area contributed by atoms with Crippen LogP contribution >= 0.6 is 0 Å². The zero-order valence-electron chi connectivity index (χ0n) is 15.6. The minimum Gasteiger partial charge on any atom is -0.311 e. The molecule has 0 aliphatic heterocycles. The van der Waals surface area contributed by atoms with Crippen LogP contribution in [0.5, 0.6) is 0 Å². The molecular formula is C22H14F7NO. The van der Waals surface area contributed by atoms with Gasteiger partial charge < -0.3 is 4.90 Å². The van der Waals surface area contributed by atoms with Crippen LogP contribution in [0.4, 0.5) is 47.8 Å². The van der Waals surface area contributed by atoms with Crippen LogP contribution in [0.15, 0.2) is 84.9 Å². The molecule has 0 spiro atoms. The van der Waals surface area contributed by atoms with Gasteiger partial charge in [-0.1, -0.05) is 36.4 Å². The Morgan fingerprint density at radius 2 is 0.968 bits per heavy atom. The van der Waals surface area contributed by atoms with E-state index in [0.717, 1.165) is 12.1 Å². The van der Waals surface area contributed by atoms with Gasteiger partial charge in [0.05, 0.1) is 0 Å². The maximum Gasteiger partial charge on any atom is 0.460 e. The highest BCUT2D eigenvalue weighted by Gasteiger charge is 2.76. The van der Waals surface area contributed by atoms with Gasteiger partial charge in [-0.05, 0) is 48.5 Å². The highest BCUT2D eigenvalue weighted by molar-refractivity contribution is 6.02. The first-order valence-corrected chi connectivity index (χ1v) is 8.84. The molecule has 2 nitrogen and oxygen atoms in total. The van der Waals surface area contributed by atoms with Gasteiger partial charge in [0.2, 0.25) is 5.78 Å². The average molecular weight is 441 g/mol. The average Bonchev–Trinajstić information content (AvgIpc) is 2.74. The van der Waals surface area contributed by atoms with Gasteiger partial charge in [0.25, 0.3) is 0 Å². The maximum atomic E-state index is 13.7. The summed E-state index contributed by atoms with van der Waals surface area (Å²) in [6.07, 6.45) is -6.58. The Bertz CT molecular complexity index is 993. The number of ketones is 1. The van der Waals surface area contributed by atoms with Crippen molar-refractivity contribution in [2.24, 2.45) is 0 Å². The van der Waals surface area contributed by atoms with E-state index in [0.29, 0.717) is 17.1 Å². The van der Waals surface area contributed by atoms with Gasteiger partial charge in [-0.15, -0.1) is 0 Å². The Morgan fingerprint density at radius 3 is 1.35 bits per heavy atom. The van der Waals surface area contributed by atoms with Crippen LogP contribution in [0, 0.1) is 0 Å². The van der Waals surface area contributed by atoms with Crippen molar-refractivity contribution in [3.63, 3.8) is 0 Å². The zero-order valence-corrected chi connectivity index (χ0v) is 15.6. The fourth-order valence-corrected chi connectivity index (χ4v) is 2.87. The maximum absolute atomic E-state index is 13.7. The van der Waals surface area contributed by atoms with E-state index in [1.54, 1.807) is 65.6 Å². The number of rotatable bonds is 6. The first-order valence-electron chi connectivity index (χ1n) is 8.84. The van der Waals surface area contributed by atoms with Gasteiger partial charge in [0.15, 0.2) is 0 Å². The summed E-state index contributed by atoms with van der Waals surface area (Å²) in [7, 11) is 0. The van der Waals surface area contributed by atoms with Crippen LogP contribution in [0.3, 0.4) is 0 Å². The molecule has 0 bridgehead atoms. The molecule has 0 fully saturated rings. The minimum absolute atomic E-state index is 0.375. The fraction of sp³-hybridized carbons (Fsp3) is 0.136. The number of benzene rings is 3. The van der Waals surface area contributed by atoms with E-state index in [2.05, 4.69) is 0 Å². The number of carbonyl (C=O) groups excluding carboxylic acids is 1. The molecule has 0 radical (unpaired) electrons. The molecule has 0 aromatic heterocycles. The second-order valence-corrected chi connectivity index (χ2v) is 6.53. The number of alkyl halides is 7. The third-order valence-corrected chi connectivity index (χ3v) is 4.45. The molecule has 0 atom stereocenters. The van der Waals surface area contributed by atoms with Crippen molar-refractivity contribution in [2.75, 3.05) is 4.90 Å². The third kappa shape index (κ3) is 4.12. The second-order valence-electron chi connectivity index (χ2n) is 6.53. The van der Waals surface area contributed by atoms with Crippen molar-refractivity contribution in [1.29, 1.82) is 0 Å². The Hall–Kier alpha value is -3.36. The molecule has 0 saturated heterocycles. The smallest absolute Gasteiger partial charge is 0.311 e. The topological polar surface area (TPSA) is 20.3 Å². The summed E-state index contributed by atoms with van der Waals surface area (Å²) in [5.74, 6) is -15.1. The van der Waals surface area contributed by atoms with Crippen molar-refractivity contribution in [1.82, 2.24) is 0 Å². The molecule has 0 unspecified atom stereocenters. The lowest BCUT2D eigenvalue weighted by atomic mass is 9.99. The molecule has 162 valence electrons. The number of carbonyl (C=O) groups is 1. The van der Waals surface area contributed by atoms with Gasteiger partial charge >= 0.3 is 18.0 Å². The van der Waals surface area contributed by atoms with E-state index in [-0.39, 0.29) is 0 Å². The highest BCUT2D eigenvalue weighted by Crippen LogP contribution is 2.48. The fourth-order valence-electron chi connectivity index (χ4n) is 2.87. The van der Waals surface area contributed by atoms with Crippen LogP contribution in [0.25, 0.3) is 0 Å². The van der Waals surface area contributed by atoms with E-state index in [9.17, 15) is 35.5 Å². The predicted molar refractivity (Wildman–Crippen MR) is 101 cm³/mol. The van der Waals surface area contributed by atoms with Crippen LogP contribution in [-0.4, -0.2) is 23.8 Å². The molecule has 31 heavy (non-hydrogen) atoms. The van der Waals surface area contributed by atoms with Crippen LogP contribution in [0.2, 0.25) is 0 Å². The van der Waals surface area contributed by atoms with E-state index in [4.69, 9.17) is 0 Å². The number of para-hydroxylation sites is 2. The molecule has 3 aromatic carbocycles. The molecular weight excluding hydrogens is 427 g/mol. The van der Waals surface area contributed by atoms with Crippen molar-refractivity contribution in [3.8, 4) is 0 Å². The molecule has 0 amide bonds. The summed E-state index contributed by atoms with van der Waals surface area (Å²) >= 11 is 0. The lowest BCUT2D eigenvalue weighted by Crippen LogP contribution is -2.56. The van der Waals surface area contributed by atoms with Gasteiger partial charge in [-0.3, -0.25) is 4.79 Å². The molecule has 0 aliphatic rings. The summed E-state index contributed by atoms with van der Waals surface area (Å²) in [4.78, 5) is 13.5. The first kappa shape index (κ1) is 22.3. The van der Waals surface area contributed by atoms with Crippen molar-refractivity contribution < 1.29 is 35.5 Å². The summed E-state index contributed by atoms with van der Waals surface area (Å²) in [6, 6.07) is 21.5. The molecule has 9 heteroatoms. The number of halogens is 7. The Kier molecular flexibility index (Phi) is 5.80. The normalized spacial score (nSPS) is 12.5. The summed E-state index contributed by atoms with van der Waals surface area (Å²) < 4.78 is 90.9. The van der Waals surface area contributed by atoms with E-state index in [1.165, 1.54) is 12.1 Å². The molecule has 0 saturated carbocycles. The summed E-state index contributed by atoms with van der Waals surface area (Å²) in [6.45, 7) is 0. The lowest BCUT2D eigenvalue weighted by molar-refractivity contribution is -0.339.